The van der Waals surface area contributed by atoms with Crippen molar-refractivity contribution >= 4 is 11.6 Å². The predicted molar refractivity (Wildman–Crippen MR) is 66.4 cm³/mol. The van der Waals surface area contributed by atoms with Gasteiger partial charge in [0.05, 0.1) is 11.9 Å². The molecule has 1 rings (SSSR count). The maximum absolute atomic E-state index is 4.46. The number of hydrogen-bond acceptors (Lipinski definition) is 2. The van der Waals surface area contributed by atoms with Crippen LogP contribution in [0.15, 0.2) is 28.0 Å². The number of hydrogen-bond donors (Lipinski definition) is 0. The average Bonchev–Trinajstić information content (AvgIpc) is 2.24. The summed E-state index contributed by atoms with van der Waals surface area (Å²) in [6.45, 7) is 13.1. The Hall–Kier alpha value is -1.14. The molecule has 0 radical (unpaired) electrons. The van der Waals surface area contributed by atoms with Gasteiger partial charge in [-0.1, -0.05) is 41.5 Å². The van der Waals surface area contributed by atoms with E-state index in [1.807, 2.05) is 6.20 Å². The van der Waals surface area contributed by atoms with Gasteiger partial charge in [-0.25, -0.2) is 4.99 Å². The summed E-state index contributed by atoms with van der Waals surface area (Å²) in [4.78, 5) is 8.56. The lowest BCUT2D eigenvalue weighted by Gasteiger charge is -2.30. The van der Waals surface area contributed by atoms with Crippen LogP contribution in [0.2, 0.25) is 0 Å². The molecule has 82 valence electrons. The van der Waals surface area contributed by atoms with Gasteiger partial charge in [0.15, 0.2) is 0 Å². The summed E-state index contributed by atoms with van der Waals surface area (Å²) in [7, 11) is 0. The lowest BCUT2D eigenvalue weighted by Crippen LogP contribution is -2.28. The van der Waals surface area contributed by atoms with E-state index in [0.717, 1.165) is 5.71 Å². The summed E-state index contributed by atoms with van der Waals surface area (Å²) in [6.07, 6.45) is 3.53. The lowest BCUT2D eigenvalue weighted by molar-refractivity contribution is 0.500. The van der Waals surface area contributed by atoms with E-state index in [9.17, 15) is 0 Å². The summed E-state index contributed by atoms with van der Waals surface area (Å²) < 4.78 is 0. The molecule has 0 aliphatic carbocycles. The molecule has 0 aromatic heterocycles. The minimum absolute atomic E-state index is 0.0388. The Morgan fingerprint density at radius 1 is 1.00 bits per heavy atom. The van der Waals surface area contributed by atoms with Crippen molar-refractivity contribution in [2.24, 2.45) is 20.8 Å². The van der Waals surface area contributed by atoms with Crippen molar-refractivity contribution in [3.05, 3.63) is 18.0 Å². The molecule has 0 unspecified atom stereocenters. The molecule has 0 bridgehead atoms. The van der Waals surface area contributed by atoms with Crippen LogP contribution in [-0.4, -0.2) is 11.6 Å². The van der Waals surface area contributed by atoms with E-state index in [2.05, 4.69) is 57.4 Å². The summed E-state index contributed by atoms with van der Waals surface area (Å²) in [5, 5.41) is 0. The molecular weight excluding hydrogens is 184 g/mol. The van der Waals surface area contributed by atoms with Gasteiger partial charge in [0.1, 0.15) is 0 Å². The minimum Gasteiger partial charge on any atom is -0.250 e. The maximum atomic E-state index is 4.46. The van der Waals surface area contributed by atoms with E-state index in [1.54, 1.807) is 6.20 Å². The molecular formula is C13H20N2. The molecule has 1 heterocycles. The second-order valence-electron chi connectivity index (χ2n) is 5.91. The van der Waals surface area contributed by atoms with Gasteiger partial charge < -0.3 is 0 Å². The van der Waals surface area contributed by atoms with Gasteiger partial charge in [0, 0.05) is 17.5 Å². The zero-order chi connectivity index (χ0) is 11.7. The summed E-state index contributed by atoms with van der Waals surface area (Å²) in [5.41, 5.74) is 2.40. The van der Waals surface area contributed by atoms with Crippen molar-refractivity contribution in [2.45, 2.75) is 41.5 Å². The monoisotopic (exact) mass is 204 g/mol. The normalized spacial score (nSPS) is 17.2. The third-order valence-corrected chi connectivity index (χ3v) is 2.29. The van der Waals surface area contributed by atoms with Gasteiger partial charge in [-0.2, -0.15) is 0 Å². The second kappa shape index (κ2) is 3.79. The van der Waals surface area contributed by atoms with Crippen molar-refractivity contribution in [1.82, 2.24) is 0 Å². The Labute approximate surface area is 92.5 Å². The topological polar surface area (TPSA) is 24.7 Å². The molecule has 0 spiro atoms. The molecule has 0 amide bonds. The first-order valence-corrected chi connectivity index (χ1v) is 5.29. The van der Waals surface area contributed by atoms with Crippen LogP contribution >= 0.6 is 0 Å². The van der Waals surface area contributed by atoms with Crippen molar-refractivity contribution in [2.75, 3.05) is 0 Å². The Morgan fingerprint density at radius 2 is 1.60 bits per heavy atom. The molecule has 0 fully saturated rings. The van der Waals surface area contributed by atoms with Crippen LogP contribution < -0.4 is 0 Å². The fraction of sp³-hybridized carbons (Fsp3) is 0.615. The summed E-state index contributed by atoms with van der Waals surface area (Å²) in [6, 6.07) is 0. The highest BCUT2D eigenvalue weighted by atomic mass is 14.8. The van der Waals surface area contributed by atoms with E-state index < -0.39 is 0 Å². The summed E-state index contributed by atoms with van der Waals surface area (Å²) in [5.74, 6) is 2.79. The lowest BCUT2D eigenvalue weighted by atomic mass is 9.75. The number of nitrogens with zero attached hydrogens (tertiary/aromatic N) is 2. The van der Waals surface area contributed by atoms with Gasteiger partial charge in [0.2, 0.25) is 0 Å². The molecule has 0 aromatic carbocycles. The smallest absolute Gasteiger partial charge is 0.0885 e. The van der Waals surface area contributed by atoms with E-state index in [-0.39, 0.29) is 10.8 Å². The average molecular weight is 204 g/mol. The molecule has 2 heteroatoms. The molecule has 1 aliphatic heterocycles. The molecule has 1 aliphatic rings. The van der Waals surface area contributed by atoms with Crippen molar-refractivity contribution in [3.8, 4) is 0 Å². The third-order valence-electron chi connectivity index (χ3n) is 2.29. The van der Waals surface area contributed by atoms with E-state index in [0.29, 0.717) is 0 Å². The number of rotatable bonds is 0. The van der Waals surface area contributed by atoms with Crippen LogP contribution in [0.25, 0.3) is 0 Å². The molecule has 0 aromatic rings. The standard InChI is InChI=1S/C13H20N2/c1-12(2,3)10-9-14-7-8-15-11(10)13(4,5)6/h8-9H,1-6H3. The van der Waals surface area contributed by atoms with Gasteiger partial charge in [-0.15, -0.1) is 0 Å². The first-order valence-electron chi connectivity index (χ1n) is 5.29. The molecule has 0 atom stereocenters. The van der Waals surface area contributed by atoms with Gasteiger partial charge >= 0.3 is 0 Å². The van der Waals surface area contributed by atoms with Crippen LogP contribution in [0.5, 0.6) is 0 Å². The van der Waals surface area contributed by atoms with Gasteiger partial charge in [-0.3, -0.25) is 4.99 Å². The number of aliphatic imine (C=N–C) groups is 2. The Bertz CT molecular complexity index is 330. The predicted octanol–water partition coefficient (Wildman–Crippen LogP) is 3.60. The Morgan fingerprint density at radius 3 is 2.07 bits per heavy atom. The second-order valence-corrected chi connectivity index (χ2v) is 5.91. The van der Waals surface area contributed by atoms with E-state index in [4.69, 9.17) is 0 Å². The first kappa shape index (κ1) is 11.9. The largest absolute Gasteiger partial charge is 0.250 e. The van der Waals surface area contributed by atoms with Crippen LogP contribution in [-0.2, 0) is 0 Å². The zero-order valence-electron chi connectivity index (χ0n) is 10.5. The molecule has 0 saturated heterocycles. The van der Waals surface area contributed by atoms with Crippen molar-refractivity contribution < 1.29 is 0 Å². The maximum Gasteiger partial charge on any atom is 0.0885 e. The van der Waals surface area contributed by atoms with Gasteiger partial charge in [0.25, 0.3) is 0 Å². The fourth-order valence-corrected chi connectivity index (χ4v) is 1.51. The quantitative estimate of drug-likeness (QED) is 0.576. The van der Waals surface area contributed by atoms with Crippen molar-refractivity contribution in [1.29, 1.82) is 0 Å². The zero-order valence-corrected chi connectivity index (χ0v) is 10.5. The first-order chi connectivity index (χ1) is 6.73. The number of allylic oxidation sites excluding steroid dienone is 1. The molecule has 15 heavy (non-hydrogen) atoms. The van der Waals surface area contributed by atoms with Crippen LogP contribution in [0, 0.1) is 10.8 Å². The SMILES string of the molecule is CC(C)(C)C1=CN=C=CN=C1C(C)(C)C. The summed E-state index contributed by atoms with van der Waals surface area (Å²) >= 11 is 0. The highest BCUT2D eigenvalue weighted by Gasteiger charge is 2.29. The van der Waals surface area contributed by atoms with Crippen LogP contribution in [0.1, 0.15) is 41.5 Å². The minimum atomic E-state index is 0.0388. The third kappa shape index (κ3) is 2.90. The van der Waals surface area contributed by atoms with E-state index >= 15 is 0 Å². The highest BCUT2D eigenvalue weighted by Crippen LogP contribution is 2.33. The van der Waals surface area contributed by atoms with Crippen LogP contribution in [0.3, 0.4) is 0 Å². The Balaban J connectivity index is 3.25. The van der Waals surface area contributed by atoms with Crippen LogP contribution in [0.4, 0.5) is 0 Å². The molecule has 2 nitrogen and oxygen atoms in total. The Kier molecular flexibility index (Phi) is 3.01. The van der Waals surface area contributed by atoms with Gasteiger partial charge in [-0.05, 0) is 11.0 Å². The molecule has 0 N–H and O–H groups in total. The van der Waals surface area contributed by atoms with Crippen molar-refractivity contribution in [3.63, 3.8) is 0 Å². The fourth-order valence-electron chi connectivity index (χ4n) is 1.51. The highest BCUT2D eigenvalue weighted by molar-refractivity contribution is 6.05. The van der Waals surface area contributed by atoms with E-state index in [1.165, 1.54) is 5.57 Å². The molecule has 0 saturated carbocycles.